The molecule has 1 aromatic rings. The zero-order chi connectivity index (χ0) is 16.9. The SMILES string of the molecule is COc1cc(OC)cc(C(=O)NC2COCC2N2CCOCC2)c1. The third kappa shape index (κ3) is 3.80. The highest BCUT2D eigenvalue weighted by molar-refractivity contribution is 5.95. The summed E-state index contributed by atoms with van der Waals surface area (Å²) < 4.78 is 21.5. The maximum absolute atomic E-state index is 12.6. The van der Waals surface area contributed by atoms with Gasteiger partial charge in [-0.3, -0.25) is 9.69 Å². The fourth-order valence-electron chi connectivity index (χ4n) is 3.14. The number of nitrogens with zero attached hydrogens (tertiary/aromatic N) is 1. The molecule has 2 aliphatic rings. The maximum Gasteiger partial charge on any atom is 0.251 e. The number of benzene rings is 1. The van der Waals surface area contributed by atoms with E-state index in [2.05, 4.69) is 10.2 Å². The number of hydrogen-bond donors (Lipinski definition) is 1. The Kier molecular flexibility index (Phi) is 5.55. The third-order valence-electron chi connectivity index (χ3n) is 4.50. The van der Waals surface area contributed by atoms with E-state index in [4.69, 9.17) is 18.9 Å². The first-order valence-electron chi connectivity index (χ1n) is 8.14. The highest BCUT2D eigenvalue weighted by Gasteiger charge is 2.35. The van der Waals surface area contributed by atoms with E-state index in [-0.39, 0.29) is 18.0 Å². The van der Waals surface area contributed by atoms with Gasteiger partial charge in [0, 0.05) is 24.7 Å². The summed E-state index contributed by atoms with van der Waals surface area (Å²) >= 11 is 0. The molecule has 2 heterocycles. The van der Waals surface area contributed by atoms with Gasteiger partial charge in [-0.1, -0.05) is 0 Å². The van der Waals surface area contributed by atoms with E-state index in [1.165, 1.54) is 0 Å². The van der Waals surface area contributed by atoms with Crippen LogP contribution in [0.25, 0.3) is 0 Å². The highest BCUT2D eigenvalue weighted by atomic mass is 16.5. The van der Waals surface area contributed by atoms with E-state index in [9.17, 15) is 4.79 Å². The number of carbonyl (C=O) groups is 1. The topological polar surface area (TPSA) is 69.3 Å². The minimum atomic E-state index is -0.152. The first kappa shape index (κ1) is 17.0. The van der Waals surface area contributed by atoms with Gasteiger partial charge >= 0.3 is 0 Å². The van der Waals surface area contributed by atoms with E-state index < -0.39 is 0 Å². The monoisotopic (exact) mass is 336 g/mol. The van der Waals surface area contributed by atoms with E-state index >= 15 is 0 Å². The van der Waals surface area contributed by atoms with Gasteiger partial charge in [0.2, 0.25) is 0 Å². The molecule has 2 unspecified atom stereocenters. The summed E-state index contributed by atoms with van der Waals surface area (Å²) in [6.07, 6.45) is 0. The van der Waals surface area contributed by atoms with Crippen molar-refractivity contribution in [3.63, 3.8) is 0 Å². The van der Waals surface area contributed by atoms with Crippen molar-refractivity contribution >= 4 is 5.91 Å². The molecule has 2 saturated heterocycles. The van der Waals surface area contributed by atoms with Crippen molar-refractivity contribution in [3.8, 4) is 11.5 Å². The van der Waals surface area contributed by atoms with Crippen molar-refractivity contribution in [3.05, 3.63) is 23.8 Å². The lowest BCUT2D eigenvalue weighted by molar-refractivity contribution is 0.0108. The Hall–Kier alpha value is -1.83. The van der Waals surface area contributed by atoms with Gasteiger partial charge in [0.25, 0.3) is 5.91 Å². The third-order valence-corrected chi connectivity index (χ3v) is 4.50. The van der Waals surface area contributed by atoms with Gasteiger partial charge in [-0.2, -0.15) is 0 Å². The lowest BCUT2D eigenvalue weighted by Gasteiger charge is -2.34. The van der Waals surface area contributed by atoms with Crippen LogP contribution in [0.2, 0.25) is 0 Å². The Balaban J connectivity index is 1.69. The van der Waals surface area contributed by atoms with Crippen LogP contribution < -0.4 is 14.8 Å². The summed E-state index contributed by atoms with van der Waals surface area (Å²) in [5.41, 5.74) is 0.513. The molecule has 3 rings (SSSR count). The molecule has 1 amide bonds. The molecular weight excluding hydrogens is 312 g/mol. The van der Waals surface area contributed by atoms with Gasteiger partial charge in [-0.15, -0.1) is 0 Å². The minimum absolute atomic E-state index is 0.0344. The normalized spacial score (nSPS) is 24.6. The average molecular weight is 336 g/mol. The standard InChI is InChI=1S/C17H24N2O5/c1-21-13-7-12(8-14(9-13)22-2)17(20)18-15-10-24-11-16(15)19-3-5-23-6-4-19/h7-9,15-16H,3-6,10-11H2,1-2H3,(H,18,20). The van der Waals surface area contributed by atoms with Gasteiger partial charge < -0.3 is 24.3 Å². The van der Waals surface area contributed by atoms with Crippen molar-refractivity contribution in [1.29, 1.82) is 0 Å². The summed E-state index contributed by atoms with van der Waals surface area (Å²) in [5.74, 6) is 1.03. The lowest BCUT2D eigenvalue weighted by Crippen LogP contribution is -2.54. The van der Waals surface area contributed by atoms with Crippen molar-refractivity contribution in [1.82, 2.24) is 10.2 Å². The smallest absolute Gasteiger partial charge is 0.251 e. The maximum atomic E-state index is 12.6. The predicted molar refractivity (Wildman–Crippen MR) is 87.8 cm³/mol. The largest absolute Gasteiger partial charge is 0.497 e. The molecule has 0 aromatic heterocycles. The van der Waals surface area contributed by atoms with Crippen LogP contribution in [0.3, 0.4) is 0 Å². The fourth-order valence-corrected chi connectivity index (χ4v) is 3.14. The Morgan fingerprint density at radius 3 is 2.38 bits per heavy atom. The van der Waals surface area contributed by atoms with E-state index in [0.717, 1.165) is 26.3 Å². The van der Waals surface area contributed by atoms with Gasteiger partial charge in [0.1, 0.15) is 11.5 Å². The number of nitrogens with one attached hydrogen (secondary N) is 1. The molecule has 7 heteroatoms. The zero-order valence-corrected chi connectivity index (χ0v) is 14.1. The minimum Gasteiger partial charge on any atom is -0.497 e. The Bertz CT molecular complexity index is 552. The number of carbonyl (C=O) groups excluding carboxylic acids is 1. The first-order valence-corrected chi connectivity index (χ1v) is 8.14. The Morgan fingerprint density at radius 2 is 1.75 bits per heavy atom. The number of rotatable bonds is 5. The van der Waals surface area contributed by atoms with Crippen LogP contribution >= 0.6 is 0 Å². The molecule has 132 valence electrons. The summed E-state index contributed by atoms with van der Waals surface area (Å²) in [6, 6.07) is 5.30. The van der Waals surface area contributed by atoms with E-state index in [1.807, 2.05) is 0 Å². The fraction of sp³-hybridized carbons (Fsp3) is 0.588. The second-order valence-electron chi connectivity index (χ2n) is 5.93. The highest BCUT2D eigenvalue weighted by Crippen LogP contribution is 2.23. The number of morpholine rings is 1. The van der Waals surface area contributed by atoms with Crippen LogP contribution in [0.4, 0.5) is 0 Å². The average Bonchev–Trinajstić information content (AvgIpc) is 3.10. The molecule has 1 N–H and O–H groups in total. The van der Waals surface area contributed by atoms with Crippen molar-refractivity contribution < 1.29 is 23.7 Å². The molecule has 0 radical (unpaired) electrons. The van der Waals surface area contributed by atoms with Crippen LogP contribution in [0.5, 0.6) is 11.5 Å². The Labute approximate surface area is 141 Å². The second kappa shape index (κ2) is 7.83. The van der Waals surface area contributed by atoms with Gasteiger partial charge in [0.15, 0.2) is 0 Å². The summed E-state index contributed by atoms with van der Waals surface area (Å²) in [4.78, 5) is 15.0. The summed E-state index contributed by atoms with van der Waals surface area (Å²) in [7, 11) is 3.13. The number of amides is 1. The van der Waals surface area contributed by atoms with Crippen LogP contribution in [-0.2, 0) is 9.47 Å². The molecule has 0 saturated carbocycles. The van der Waals surface area contributed by atoms with Crippen molar-refractivity contribution in [2.75, 3.05) is 53.7 Å². The number of methoxy groups -OCH3 is 2. The quantitative estimate of drug-likeness (QED) is 0.846. The van der Waals surface area contributed by atoms with Crippen molar-refractivity contribution in [2.45, 2.75) is 12.1 Å². The molecule has 24 heavy (non-hydrogen) atoms. The lowest BCUT2D eigenvalue weighted by atomic mass is 10.1. The summed E-state index contributed by atoms with van der Waals surface area (Å²) in [6.45, 7) is 4.34. The zero-order valence-electron chi connectivity index (χ0n) is 14.1. The van der Waals surface area contributed by atoms with E-state index in [0.29, 0.717) is 30.3 Å². The molecule has 2 atom stereocenters. The number of hydrogen-bond acceptors (Lipinski definition) is 6. The molecule has 0 spiro atoms. The van der Waals surface area contributed by atoms with Crippen LogP contribution in [0, 0.1) is 0 Å². The molecule has 0 aliphatic carbocycles. The van der Waals surface area contributed by atoms with Gasteiger partial charge in [0.05, 0.1) is 52.7 Å². The van der Waals surface area contributed by atoms with Crippen LogP contribution in [-0.4, -0.2) is 76.6 Å². The molecule has 7 nitrogen and oxygen atoms in total. The number of ether oxygens (including phenoxy) is 4. The van der Waals surface area contributed by atoms with Crippen LogP contribution in [0.1, 0.15) is 10.4 Å². The van der Waals surface area contributed by atoms with Crippen LogP contribution in [0.15, 0.2) is 18.2 Å². The molecular formula is C17H24N2O5. The molecule has 1 aromatic carbocycles. The summed E-state index contributed by atoms with van der Waals surface area (Å²) in [5, 5.41) is 3.09. The first-order chi connectivity index (χ1) is 11.7. The second-order valence-corrected chi connectivity index (χ2v) is 5.93. The van der Waals surface area contributed by atoms with Crippen molar-refractivity contribution in [2.24, 2.45) is 0 Å². The Morgan fingerprint density at radius 1 is 1.08 bits per heavy atom. The molecule has 0 bridgehead atoms. The van der Waals surface area contributed by atoms with Gasteiger partial charge in [-0.25, -0.2) is 0 Å². The predicted octanol–water partition coefficient (Wildman–Crippen LogP) is 0.533. The van der Waals surface area contributed by atoms with Gasteiger partial charge in [-0.05, 0) is 12.1 Å². The van der Waals surface area contributed by atoms with E-state index in [1.54, 1.807) is 32.4 Å². The molecule has 2 fully saturated rings. The molecule has 2 aliphatic heterocycles.